The Morgan fingerprint density at radius 2 is 1.97 bits per heavy atom. The second-order valence-corrected chi connectivity index (χ2v) is 6.57. The van der Waals surface area contributed by atoms with Gasteiger partial charge in [-0.15, -0.1) is 0 Å². The molecule has 12 heteroatoms. The van der Waals surface area contributed by atoms with Crippen LogP contribution in [-0.4, -0.2) is 31.2 Å². The van der Waals surface area contributed by atoms with Crippen molar-refractivity contribution in [2.45, 2.75) is 38.5 Å². The van der Waals surface area contributed by atoms with Crippen LogP contribution in [0.5, 0.6) is 0 Å². The summed E-state index contributed by atoms with van der Waals surface area (Å²) in [6, 6.07) is 1.99. The van der Waals surface area contributed by atoms with Crippen LogP contribution in [0.2, 0.25) is 0 Å². The van der Waals surface area contributed by atoms with Gasteiger partial charge in [0, 0.05) is 17.5 Å². The molecule has 156 valence electrons. The van der Waals surface area contributed by atoms with Crippen molar-refractivity contribution in [3.05, 3.63) is 47.4 Å². The molecule has 0 radical (unpaired) electrons. The molecule has 1 aliphatic carbocycles. The normalized spacial score (nSPS) is 13.6. The van der Waals surface area contributed by atoms with Crippen molar-refractivity contribution in [2.24, 2.45) is 0 Å². The zero-order valence-electron chi connectivity index (χ0n) is 15.4. The molecule has 3 aromatic rings. The van der Waals surface area contributed by atoms with Gasteiger partial charge in [0.1, 0.15) is 12.3 Å². The van der Waals surface area contributed by atoms with Gasteiger partial charge in [-0.1, -0.05) is 5.16 Å². The monoisotopic (exact) mass is 420 g/mol. The molecule has 9 nitrogen and oxygen atoms in total. The lowest BCUT2D eigenvalue weighted by atomic mass is 9.95. The third kappa shape index (κ3) is 4.53. The van der Waals surface area contributed by atoms with E-state index in [1.165, 1.54) is 5.56 Å². The average Bonchev–Trinajstić information content (AvgIpc) is 3.23. The SMILES string of the molecule is O=C(Nc1cnc(-c2noc(C(F)(F)F)n2)cn1)OCc1cnc2c(c1)CCCC2. The van der Waals surface area contributed by atoms with Gasteiger partial charge in [0.2, 0.25) is 5.82 Å². The molecule has 0 spiro atoms. The largest absolute Gasteiger partial charge is 0.471 e. The van der Waals surface area contributed by atoms with Gasteiger partial charge in [-0.2, -0.15) is 18.2 Å². The van der Waals surface area contributed by atoms with Crippen molar-refractivity contribution in [1.82, 2.24) is 25.1 Å². The minimum Gasteiger partial charge on any atom is -0.444 e. The second kappa shape index (κ2) is 8.05. The number of alkyl halides is 3. The number of hydrogen-bond acceptors (Lipinski definition) is 8. The molecule has 0 saturated heterocycles. The van der Waals surface area contributed by atoms with Crippen molar-refractivity contribution in [3.8, 4) is 11.5 Å². The number of hydrogen-bond donors (Lipinski definition) is 1. The summed E-state index contributed by atoms with van der Waals surface area (Å²) in [5, 5.41) is 5.59. The van der Waals surface area contributed by atoms with Gasteiger partial charge in [-0.05, 0) is 37.3 Å². The number of ether oxygens (including phenoxy) is 1. The number of anilines is 1. The van der Waals surface area contributed by atoms with Gasteiger partial charge in [0.15, 0.2) is 5.82 Å². The predicted octanol–water partition coefficient (Wildman–Crippen LogP) is 3.57. The molecule has 0 atom stereocenters. The summed E-state index contributed by atoms with van der Waals surface area (Å²) in [6.45, 7) is 0.0424. The number of nitrogens with zero attached hydrogens (tertiary/aromatic N) is 5. The highest BCUT2D eigenvalue weighted by atomic mass is 19.4. The van der Waals surface area contributed by atoms with E-state index in [9.17, 15) is 18.0 Å². The Kier molecular flexibility index (Phi) is 5.29. The van der Waals surface area contributed by atoms with E-state index in [4.69, 9.17) is 4.74 Å². The molecule has 0 aromatic carbocycles. The number of aryl methyl sites for hydroxylation is 2. The maximum atomic E-state index is 12.5. The molecule has 3 heterocycles. The van der Waals surface area contributed by atoms with E-state index in [2.05, 4.69) is 34.9 Å². The summed E-state index contributed by atoms with van der Waals surface area (Å²) in [5.41, 5.74) is 3.01. The first-order valence-electron chi connectivity index (χ1n) is 9.02. The van der Waals surface area contributed by atoms with Crippen LogP contribution in [0.25, 0.3) is 11.5 Å². The summed E-state index contributed by atoms with van der Waals surface area (Å²) < 4.78 is 46.8. The van der Waals surface area contributed by atoms with Crippen molar-refractivity contribution in [3.63, 3.8) is 0 Å². The van der Waals surface area contributed by atoms with Gasteiger partial charge in [-0.25, -0.2) is 14.8 Å². The standard InChI is InChI=1S/C18H15F3N6O3/c19-18(20,21)16-26-15(27-30-16)13-7-24-14(8-23-13)25-17(28)29-9-10-5-11-3-1-2-4-12(11)22-6-10/h5-8H,1-4,9H2,(H,24,25,28). The first-order valence-corrected chi connectivity index (χ1v) is 9.02. The Balaban J connectivity index is 1.33. The lowest BCUT2D eigenvalue weighted by Crippen LogP contribution is -2.15. The maximum Gasteiger partial charge on any atom is 0.471 e. The zero-order valence-corrected chi connectivity index (χ0v) is 15.4. The Morgan fingerprint density at radius 1 is 1.13 bits per heavy atom. The van der Waals surface area contributed by atoms with Crippen molar-refractivity contribution in [1.29, 1.82) is 0 Å². The number of nitrogens with one attached hydrogen (secondary N) is 1. The van der Waals surface area contributed by atoms with Gasteiger partial charge in [0.25, 0.3) is 0 Å². The number of carbonyl (C=O) groups excluding carboxylic acids is 1. The molecule has 0 fully saturated rings. The van der Waals surface area contributed by atoms with E-state index in [0.717, 1.165) is 49.3 Å². The molecule has 1 amide bonds. The van der Waals surface area contributed by atoms with Crippen LogP contribution in [0.1, 0.15) is 35.6 Å². The Hall–Kier alpha value is -3.57. The molecule has 30 heavy (non-hydrogen) atoms. The molecule has 3 aromatic heterocycles. The minimum absolute atomic E-state index is 0.0424. The highest BCUT2D eigenvalue weighted by Crippen LogP contribution is 2.28. The summed E-state index contributed by atoms with van der Waals surface area (Å²) in [5.74, 6) is -1.81. The lowest BCUT2D eigenvalue weighted by molar-refractivity contribution is -0.159. The molecule has 0 aliphatic heterocycles. The fraction of sp³-hybridized carbons (Fsp3) is 0.333. The summed E-state index contributed by atoms with van der Waals surface area (Å²) >= 11 is 0. The molecule has 1 N–H and O–H groups in total. The van der Waals surface area contributed by atoms with Gasteiger partial charge in [-0.3, -0.25) is 10.3 Å². The molecule has 4 rings (SSSR count). The fourth-order valence-electron chi connectivity index (χ4n) is 2.96. The minimum atomic E-state index is -4.75. The van der Waals surface area contributed by atoms with E-state index in [0.29, 0.717) is 0 Å². The summed E-state index contributed by atoms with van der Waals surface area (Å²) in [6.07, 6.45) is 2.61. The number of amides is 1. The Bertz CT molecular complexity index is 1050. The predicted molar refractivity (Wildman–Crippen MR) is 95.0 cm³/mol. The number of fused-ring (bicyclic) bond motifs is 1. The molecular formula is C18H15F3N6O3. The second-order valence-electron chi connectivity index (χ2n) is 6.57. The smallest absolute Gasteiger partial charge is 0.444 e. The van der Waals surface area contributed by atoms with Crippen LogP contribution < -0.4 is 5.32 Å². The quantitative estimate of drug-likeness (QED) is 0.681. The van der Waals surface area contributed by atoms with Crippen molar-refractivity contribution < 1.29 is 27.2 Å². The van der Waals surface area contributed by atoms with Crippen LogP contribution in [0.15, 0.2) is 29.2 Å². The van der Waals surface area contributed by atoms with E-state index < -0.39 is 18.2 Å². The molecule has 0 saturated carbocycles. The van der Waals surface area contributed by atoms with E-state index >= 15 is 0 Å². The molecular weight excluding hydrogens is 405 g/mol. The van der Waals surface area contributed by atoms with Crippen LogP contribution >= 0.6 is 0 Å². The van der Waals surface area contributed by atoms with Gasteiger partial charge < -0.3 is 9.26 Å². The average molecular weight is 420 g/mol. The fourth-order valence-corrected chi connectivity index (χ4v) is 2.96. The zero-order chi connectivity index (χ0) is 21.1. The third-order valence-electron chi connectivity index (χ3n) is 4.38. The Labute approximate surface area is 167 Å². The topological polar surface area (TPSA) is 116 Å². The maximum absolute atomic E-state index is 12.5. The summed E-state index contributed by atoms with van der Waals surface area (Å²) in [7, 11) is 0. The lowest BCUT2D eigenvalue weighted by Gasteiger charge is -2.15. The Morgan fingerprint density at radius 3 is 2.70 bits per heavy atom. The number of rotatable bonds is 4. The number of carbonyl (C=O) groups is 1. The number of pyridine rings is 1. The van der Waals surface area contributed by atoms with Crippen LogP contribution in [0, 0.1) is 0 Å². The highest BCUT2D eigenvalue weighted by molar-refractivity contribution is 5.83. The van der Waals surface area contributed by atoms with Crippen molar-refractivity contribution >= 4 is 11.9 Å². The van der Waals surface area contributed by atoms with Crippen LogP contribution in [0.4, 0.5) is 23.8 Å². The van der Waals surface area contributed by atoms with Gasteiger partial charge in [0.05, 0.1) is 12.4 Å². The molecule has 0 unspecified atom stereocenters. The number of halogens is 3. The van der Waals surface area contributed by atoms with Crippen LogP contribution in [-0.2, 0) is 30.4 Å². The molecule has 1 aliphatic rings. The third-order valence-corrected chi connectivity index (χ3v) is 4.38. The summed E-state index contributed by atoms with van der Waals surface area (Å²) in [4.78, 5) is 27.3. The van der Waals surface area contributed by atoms with E-state index in [1.807, 2.05) is 6.07 Å². The van der Waals surface area contributed by atoms with Gasteiger partial charge >= 0.3 is 18.2 Å². The van der Waals surface area contributed by atoms with E-state index in [1.54, 1.807) is 6.20 Å². The first kappa shape index (κ1) is 19.7. The molecule has 0 bridgehead atoms. The van der Waals surface area contributed by atoms with Crippen LogP contribution in [0.3, 0.4) is 0 Å². The van der Waals surface area contributed by atoms with Crippen molar-refractivity contribution in [2.75, 3.05) is 5.32 Å². The highest BCUT2D eigenvalue weighted by Gasteiger charge is 2.38. The van der Waals surface area contributed by atoms with E-state index in [-0.39, 0.29) is 23.9 Å². The number of aromatic nitrogens is 5. The first-order chi connectivity index (χ1) is 14.4.